The summed E-state index contributed by atoms with van der Waals surface area (Å²) < 4.78 is 39.8. The number of alkyl halides is 3. The molecule has 120 valence electrons. The predicted octanol–water partition coefficient (Wildman–Crippen LogP) is 6.14. The summed E-state index contributed by atoms with van der Waals surface area (Å²) in [5.74, 6) is 0. The SMILES string of the molecule is N#C/C(=C\c1cccc(Br)c1)c1nc2cc(C(F)(F)F)ccc2s1. The van der Waals surface area contributed by atoms with Gasteiger partial charge in [0.1, 0.15) is 11.1 Å². The first kappa shape index (κ1) is 16.7. The maximum atomic E-state index is 12.8. The molecule has 0 atom stereocenters. The van der Waals surface area contributed by atoms with Gasteiger partial charge in [-0.3, -0.25) is 0 Å². The molecule has 0 bridgehead atoms. The number of thiazole rings is 1. The number of hydrogen-bond donors (Lipinski definition) is 0. The third kappa shape index (κ3) is 3.50. The molecule has 0 radical (unpaired) electrons. The van der Waals surface area contributed by atoms with Crippen LogP contribution < -0.4 is 0 Å². The molecule has 0 spiro atoms. The lowest BCUT2D eigenvalue weighted by molar-refractivity contribution is -0.137. The van der Waals surface area contributed by atoms with Gasteiger partial charge in [-0.2, -0.15) is 18.4 Å². The van der Waals surface area contributed by atoms with Gasteiger partial charge >= 0.3 is 6.18 Å². The molecule has 0 amide bonds. The molecule has 24 heavy (non-hydrogen) atoms. The minimum atomic E-state index is -4.41. The van der Waals surface area contributed by atoms with Crippen molar-refractivity contribution in [3.8, 4) is 6.07 Å². The van der Waals surface area contributed by atoms with E-state index in [1.54, 1.807) is 6.08 Å². The second-order valence-electron chi connectivity index (χ2n) is 4.92. The summed E-state index contributed by atoms with van der Waals surface area (Å²) in [5.41, 5.74) is 0.598. The van der Waals surface area contributed by atoms with Crippen LogP contribution in [0.25, 0.3) is 21.9 Å². The van der Waals surface area contributed by atoms with E-state index in [-0.39, 0.29) is 5.52 Å². The van der Waals surface area contributed by atoms with Crippen molar-refractivity contribution in [2.24, 2.45) is 0 Å². The first-order valence-electron chi connectivity index (χ1n) is 6.72. The standard InChI is InChI=1S/C17H8BrF3N2S/c18-13-3-1-2-10(7-13)6-11(9-22)16-23-14-8-12(17(19,20)21)4-5-15(14)24-16/h1-8H/b11-6+. The van der Waals surface area contributed by atoms with Crippen molar-refractivity contribution in [3.05, 3.63) is 63.1 Å². The van der Waals surface area contributed by atoms with Gasteiger partial charge in [0.15, 0.2) is 0 Å². The number of benzene rings is 2. The van der Waals surface area contributed by atoms with E-state index >= 15 is 0 Å². The number of nitrogens with zero attached hydrogens (tertiary/aromatic N) is 2. The Morgan fingerprint density at radius 2 is 2.00 bits per heavy atom. The first-order chi connectivity index (χ1) is 11.4. The van der Waals surface area contributed by atoms with Crippen molar-refractivity contribution in [2.75, 3.05) is 0 Å². The quantitative estimate of drug-likeness (QED) is 0.477. The summed E-state index contributed by atoms with van der Waals surface area (Å²) >= 11 is 4.54. The van der Waals surface area contributed by atoms with E-state index in [0.29, 0.717) is 15.3 Å². The molecule has 3 aromatic rings. The number of hydrogen-bond acceptors (Lipinski definition) is 3. The fourth-order valence-corrected chi connectivity index (χ4v) is 3.45. The van der Waals surface area contributed by atoms with Crippen LogP contribution in [-0.2, 0) is 6.18 Å². The Morgan fingerprint density at radius 3 is 2.67 bits per heavy atom. The lowest BCUT2D eigenvalue weighted by atomic mass is 10.1. The topological polar surface area (TPSA) is 36.7 Å². The van der Waals surface area contributed by atoms with E-state index in [4.69, 9.17) is 0 Å². The van der Waals surface area contributed by atoms with Crippen LogP contribution in [0.4, 0.5) is 13.2 Å². The van der Waals surface area contributed by atoms with E-state index in [1.807, 2.05) is 24.3 Å². The molecule has 3 rings (SSSR count). The van der Waals surface area contributed by atoms with Crippen LogP contribution in [0.5, 0.6) is 0 Å². The Bertz CT molecular complexity index is 983. The molecule has 0 saturated heterocycles. The van der Waals surface area contributed by atoms with Crippen LogP contribution >= 0.6 is 27.3 Å². The molecule has 0 N–H and O–H groups in total. The summed E-state index contributed by atoms with van der Waals surface area (Å²) in [5, 5.41) is 9.77. The van der Waals surface area contributed by atoms with Crippen molar-refractivity contribution in [1.82, 2.24) is 4.98 Å². The maximum Gasteiger partial charge on any atom is 0.416 e. The van der Waals surface area contributed by atoms with Crippen molar-refractivity contribution in [2.45, 2.75) is 6.18 Å². The summed E-state index contributed by atoms with van der Waals surface area (Å²) in [4.78, 5) is 4.19. The van der Waals surface area contributed by atoms with Gasteiger partial charge in [0.2, 0.25) is 0 Å². The van der Waals surface area contributed by atoms with E-state index < -0.39 is 11.7 Å². The third-order valence-corrected chi connectivity index (χ3v) is 4.79. The van der Waals surface area contributed by atoms with Crippen LogP contribution in [0.1, 0.15) is 16.1 Å². The predicted molar refractivity (Wildman–Crippen MR) is 92.2 cm³/mol. The van der Waals surface area contributed by atoms with Crippen LogP contribution in [0.3, 0.4) is 0 Å². The zero-order chi connectivity index (χ0) is 17.3. The molecular formula is C17H8BrF3N2S. The molecule has 0 unspecified atom stereocenters. The average molecular weight is 409 g/mol. The summed E-state index contributed by atoms with van der Waals surface area (Å²) in [6.45, 7) is 0. The van der Waals surface area contributed by atoms with Crippen LogP contribution in [-0.4, -0.2) is 4.98 Å². The Morgan fingerprint density at radius 1 is 1.21 bits per heavy atom. The van der Waals surface area contributed by atoms with Gasteiger partial charge in [-0.25, -0.2) is 4.98 Å². The number of halogens is 4. The highest BCUT2D eigenvalue weighted by molar-refractivity contribution is 9.10. The van der Waals surface area contributed by atoms with Crippen molar-refractivity contribution in [1.29, 1.82) is 5.26 Å². The highest BCUT2D eigenvalue weighted by atomic mass is 79.9. The fraction of sp³-hybridized carbons (Fsp3) is 0.0588. The van der Waals surface area contributed by atoms with E-state index in [9.17, 15) is 18.4 Å². The Balaban J connectivity index is 2.06. The molecule has 1 heterocycles. The number of rotatable bonds is 2. The van der Waals surface area contributed by atoms with Gasteiger partial charge in [-0.05, 0) is 42.0 Å². The number of fused-ring (bicyclic) bond motifs is 1. The van der Waals surface area contributed by atoms with Crippen molar-refractivity contribution >= 4 is 49.1 Å². The fourth-order valence-electron chi connectivity index (χ4n) is 2.12. The minimum Gasteiger partial charge on any atom is -0.235 e. The highest BCUT2D eigenvalue weighted by Crippen LogP contribution is 2.34. The molecule has 7 heteroatoms. The lowest BCUT2D eigenvalue weighted by Crippen LogP contribution is -2.03. The molecular weight excluding hydrogens is 401 g/mol. The van der Waals surface area contributed by atoms with E-state index in [2.05, 4.69) is 27.0 Å². The van der Waals surface area contributed by atoms with Gasteiger partial charge in [0, 0.05) is 4.47 Å². The number of allylic oxidation sites excluding steroid dienone is 1. The zero-order valence-corrected chi connectivity index (χ0v) is 14.3. The van der Waals surface area contributed by atoms with E-state index in [1.165, 1.54) is 17.4 Å². The van der Waals surface area contributed by atoms with Crippen LogP contribution in [0.15, 0.2) is 46.9 Å². The monoisotopic (exact) mass is 408 g/mol. The maximum absolute atomic E-state index is 12.8. The Hall–Kier alpha value is -2.17. The molecule has 0 aliphatic heterocycles. The highest BCUT2D eigenvalue weighted by Gasteiger charge is 2.30. The van der Waals surface area contributed by atoms with Crippen LogP contribution in [0.2, 0.25) is 0 Å². The average Bonchev–Trinajstić information content (AvgIpc) is 2.94. The Labute approximate surface area is 148 Å². The van der Waals surface area contributed by atoms with E-state index in [0.717, 1.165) is 22.2 Å². The van der Waals surface area contributed by atoms with Gasteiger partial charge in [0.05, 0.1) is 21.4 Å². The minimum absolute atomic E-state index is 0.236. The first-order valence-corrected chi connectivity index (χ1v) is 8.33. The van der Waals surface area contributed by atoms with Gasteiger partial charge < -0.3 is 0 Å². The molecule has 0 aliphatic rings. The smallest absolute Gasteiger partial charge is 0.235 e. The van der Waals surface area contributed by atoms with Crippen molar-refractivity contribution < 1.29 is 13.2 Å². The second-order valence-corrected chi connectivity index (χ2v) is 6.87. The Kier molecular flexibility index (Phi) is 4.43. The van der Waals surface area contributed by atoms with Crippen molar-refractivity contribution in [3.63, 3.8) is 0 Å². The van der Waals surface area contributed by atoms with Gasteiger partial charge in [-0.15, -0.1) is 11.3 Å². The summed E-state index contributed by atoms with van der Waals surface area (Å²) in [6.07, 6.45) is -2.75. The zero-order valence-electron chi connectivity index (χ0n) is 11.9. The largest absolute Gasteiger partial charge is 0.416 e. The lowest BCUT2D eigenvalue weighted by Gasteiger charge is -2.04. The molecule has 1 aromatic heterocycles. The normalized spacial score (nSPS) is 12.4. The van der Waals surface area contributed by atoms with Crippen LogP contribution in [0, 0.1) is 11.3 Å². The molecule has 0 fully saturated rings. The number of aromatic nitrogens is 1. The van der Waals surface area contributed by atoms with Gasteiger partial charge in [-0.1, -0.05) is 28.1 Å². The third-order valence-electron chi connectivity index (χ3n) is 3.23. The summed E-state index contributed by atoms with van der Waals surface area (Å²) in [7, 11) is 0. The second kappa shape index (κ2) is 6.38. The summed E-state index contributed by atoms with van der Waals surface area (Å²) in [6, 6.07) is 12.8. The molecule has 2 nitrogen and oxygen atoms in total. The molecule has 0 saturated carbocycles. The molecule has 0 aliphatic carbocycles. The molecule has 2 aromatic carbocycles. The van der Waals surface area contributed by atoms with Gasteiger partial charge in [0.25, 0.3) is 0 Å². The number of nitriles is 1.